The van der Waals surface area contributed by atoms with Crippen molar-refractivity contribution in [2.75, 3.05) is 20.7 Å². The molecule has 0 radical (unpaired) electrons. The Morgan fingerprint density at radius 1 is 1.31 bits per heavy atom. The average molecular weight is 253 g/mol. The molecule has 1 atom stereocenters. The average Bonchev–Trinajstić information content (AvgIpc) is 2.22. The summed E-state index contributed by atoms with van der Waals surface area (Å²) >= 11 is 0. The van der Waals surface area contributed by atoms with Gasteiger partial charge in [0.1, 0.15) is 6.04 Å². The maximum absolute atomic E-state index is 11.2. The van der Waals surface area contributed by atoms with Gasteiger partial charge in [0.05, 0.1) is 7.11 Å². The zero-order chi connectivity index (χ0) is 11.7. The number of rotatable bonds is 7. The van der Waals surface area contributed by atoms with Crippen molar-refractivity contribution in [3.8, 4) is 0 Å². The predicted octanol–water partition coefficient (Wildman–Crippen LogP) is 0.476. The van der Waals surface area contributed by atoms with E-state index in [1.807, 2.05) is 0 Å². The Morgan fingerprint density at radius 3 is 2.38 bits per heavy atom. The van der Waals surface area contributed by atoms with Gasteiger partial charge >= 0.3 is 5.97 Å². The van der Waals surface area contributed by atoms with Gasteiger partial charge < -0.3 is 15.4 Å². The second-order valence-electron chi connectivity index (χ2n) is 3.34. The highest BCUT2D eigenvalue weighted by molar-refractivity contribution is 5.85. The summed E-state index contributed by atoms with van der Waals surface area (Å²) in [5, 5.41) is 5.60. The SMILES string of the molecule is CN[C@@H](CCCCNC(C)=O)C(=O)OC.Cl. The quantitative estimate of drug-likeness (QED) is 0.511. The number of amides is 1. The van der Waals surface area contributed by atoms with Crippen LogP contribution in [0.1, 0.15) is 26.2 Å². The van der Waals surface area contributed by atoms with Gasteiger partial charge in [0.2, 0.25) is 5.91 Å². The van der Waals surface area contributed by atoms with Gasteiger partial charge in [-0.15, -0.1) is 12.4 Å². The van der Waals surface area contributed by atoms with E-state index in [1.165, 1.54) is 14.0 Å². The number of hydrogen-bond donors (Lipinski definition) is 2. The molecule has 6 heteroatoms. The van der Waals surface area contributed by atoms with Crippen LogP contribution in [0, 0.1) is 0 Å². The smallest absolute Gasteiger partial charge is 0.322 e. The molecule has 0 aromatic rings. The molecule has 2 N–H and O–H groups in total. The number of ether oxygens (including phenoxy) is 1. The number of esters is 1. The lowest BCUT2D eigenvalue weighted by molar-refractivity contribution is -0.143. The molecule has 16 heavy (non-hydrogen) atoms. The first kappa shape index (κ1) is 17.6. The number of likely N-dealkylation sites (N-methyl/N-ethyl adjacent to an activating group) is 1. The molecular formula is C10H21ClN2O3. The summed E-state index contributed by atoms with van der Waals surface area (Å²) in [5.74, 6) is -0.259. The Labute approximate surface area is 103 Å². The first-order valence-electron chi connectivity index (χ1n) is 5.11. The molecule has 0 fully saturated rings. The monoisotopic (exact) mass is 252 g/mol. The Bertz CT molecular complexity index is 212. The van der Waals surface area contributed by atoms with Crippen molar-refractivity contribution in [1.29, 1.82) is 0 Å². The molecule has 0 aliphatic carbocycles. The summed E-state index contributed by atoms with van der Waals surface area (Å²) in [5.41, 5.74) is 0. The molecule has 0 heterocycles. The van der Waals surface area contributed by atoms with Crippen molar-refractivity contribution in [1.82, 2.24) is 10.6 Å². The Morgan fingerprint density at radius 2 is 1.94 bits per heavy atom. The highest BCUT2D eigenvalue weighted by Crippen LogP contribution is 2.01. The lowest BCUT2D eigenvalue weighted by atomic mass is 10.1. The fourth-order valence-electron chi connectivity index (χ4n) is 1.26. The molecule has 0 aliphatic heterocycles. The summed E-state index contributed by atoms with van der Waals surface area (Å²) in [7, 11) is 3.11. The van der Waals surface area contributed by atoms with Crippen LogP contribution >= 0.6 is 12.4 Å². The molecule has 0 aromatic carbocycles. The van der Waals surface area contributed by atoms with Crippen LogP contribution in [-0.4, -0.2) is 38.6 Å². The van der Waals surface area contributed by atoms with Gasteiger partial charge in [0.25, 0.3) is 0 Å². The maximum Gasteiger partial charge on any atom is 0.322 e. The van der Waals surface area contributed by atoms with E-state index in [9.17, 15) is 9.59 Å². The van der Waals surface area contributed by atoms with Crippen molar-refractivity contribution in [2.24, 2.45) is 0 Å². The van der Waals surface area contributed by atoms with Gasteiger partial charge in [0.15, 0.2) is 0 Å². The van der Waals surface area contributed by atoms with Crippen LogP contribution in [0.15, 0.2) is 0 Å². The molecule has 0 spiro atoms. The van der Waals surface area contributed by atoms with Crippen molar-refractivity contribution in [3.63, 3.8) is 0 Å². The Kier molecular flexibility index (Phi) is 11.8. The topological polar surface area (TPSA) is 67.4 Å². The summed E-state index contributed by atoms with van der Waals surface area (Å²) < 4.78 is 4.63. The van der Waals surface area contributed by atoms with Gasteiger partial charge in [-0.1, -0.05) is 0 Å². The minimum Gasteiger partial charge on any atom is -0.468 e. The van der Waals surface area contributed by atoms with E-state index in [1.54, 1.807) is 7.05 Å². The van der Waals surface area contributed by atoms with Crippen LogP contribution in [0.3, 0.4) is 0 Å². The second-order valence-corrected chi connectivity index (χ2v) is 3.34. The predicted molar refractivity (Wildman–Crippen MR) is 64.6 cm³/mol. The van der Waals surface area contributed by atoms with Crippen molar-refractivity contribution >= 4 is 24.3 Å². The number of methoxy groups -OCH3 is 1. The highest BCUT2D eigenvalue weighted by Gasteiger charge is 2.15. The molecule has 1 amide bonds. The number of hydrogen-bond acceptors (Lipinski definition) is 4. The molecule has 0 saturated heterocycles. The summed E-state index contributed by atoms with van der Waals surface area (Å²) in [4.78, 5) is 21.7. The van der Waals surface area contributed by atoms with Crippen molar-refractivity contribution < 1.29 is 14.3 Å². The molecule has 0 bridgehead atoms. The molecule has 5 nitrogen and oxygen atoms in total. The zero-order valence-corrected chi connectivity index (χ0v) is 10.9. The third-order valence-corrected chi connectivity index (χ3v) is 2.13. The zero-order valence-electron chi connectivity index (χ0n) is 10.0. The lowest BCUT2D eigenvalue weighted by Crippen LogP contribution is -2.35. The van der Waals surface area contributed by atoms with Gasteiger partial charge in [-0.25, -0.2) is 0 Å². The minimum atomic E-state index is -0.243. The van der Waals surface area contributed by atoms with Crippen LogP contribution in [0.25, 0.3) is 0 Å². The molecule has 0 unspecified atom stereocenters. The van der Waals surface area contributed by atoms with Crippen LogP contribution in [0.5, 0.6) is 0 Å². The third-order valence-electron chi connectivity index (χ3n) is 2.13. The fourth-order valence-corrected chi connectivity index (χ4v) is 1.26. The van der Waals surface area contributed by atoms with Gasteiger partial charge in [-0.05, 0) is 26.3 Å². The molecule has 0 saturated carbocycles. The number of nitrogens with one attached hydrogen (secondary N) is 2. The normalized spacial score (nSPS) is 11.2. The largest absolute Gasteiger partial charge is 0.468 e. The summed E-state index contributed by atoms with van der Waals surface area (Å²) in [6.07, 6.45) is 2.47. The minimum absolute atomic E-state index is 0. The molecule has 0 aliphatic rings. The van der Waals surface area contributed by atoms with E-state index in [2.05, 4.69) is 15.4 Å². The van der Waals surface area contributed by atoms with Crippen molar-refractivity contribution in [2.45, 2.75) is 32.2 Å². The molecular weight excluding hydrogens is 232 g/mol. The van der Waals surface area contributed by atoms with Crippen LogP contribution < -0.4 is 10.6 Å². The number of unbranched alkanes of at least 4 members (excludes halogenated alkanes) is 1. The first-order chi connectivity index (χ1) is 7.11. The number of halogens is 1. The molecule has 0 aromatic heterocycles. The van der Waals surface area contributed by atoms with E-state index in [-0.39, 0.29) is 30.3 Å². The Balaban J connectivity index is 0. The van der Waals surface area contributed by atoms with Crippen LogP contribution in [-0.2, 0) is 14.3 Å². The summed E-state index contributed by atoms with van der Waals surface area (Å²) in [6, 6.07) is -0.243. The standard InChI is InChI=1S/C10H20N2O3.ClH/c1-8(13)12-7-5-4-6-9(11-2)10(14)15-3;/h9,11H,4-7H2,1-3H3,(H,12,13);1H/t9-;/m0./s1. The number of carbonyl (C=O) groups excluding carboxylic acids is 2. The molecule has 0 rings (SSSR count). The first-order valence-corrected chi connectivity index (χ1v) is 5.11. The van der Waals surface area contributed by atoms with Gasteiger partial charge in [-0.2, -0.15) is 0 Å². The van der Waals surface area contributed by atoms with Crippen molar-refractivity contribution in [3.05, 3.63) is 0 Å². The van der Waals surface area contributed by atoms with E-state index < -0.39 is 0 Å². The van der Waals surface area contributed by atoms with E-state index >= 15 is 0 Å². The number of carbonyl (C=O) groups is 2. The van der Waals surface area contributed by atoms with Crippen LogP contribution in [0.2, 0.25) is 0 Å². The fraction of sp³-hybridized carbons (Fsp3) is 0.800. The van der Waals surface area contributed by atoms with E-state index in [0.29, 0.717) is 6.54 Å². The second kappa shape index (κ2) is 10.7. The van der Waals surface area contributed by atoms with Crippen LogP contribution in [0.4, 0.5) is 0 Å². The van der Waals surface area contributed by atoms with E-state index in [4.69, 9.17) is 0 Å². The van der Waals surface area contributed by atoms with E-state index in [0.717, 1.165) is 19.3 Å². The molecule has 96 valence electrons. The maximum atomic E-state index is 11.2. The summed E-state index contributed by atoms with van der Waals surface area (Å²) in [6.45, 7) is 2.15. The van der Waals surface area contributed by atoms with Gasteiger partial charge in [-0.3, -0.25) is 9.59 Å². The Hall–Kier alpha value is -0.810. The highest BCUT2D eigenvalue weighted by atomic mass is 35.5. The van der Waals surface area contributed by atoms with Gasteiger partial charge in [0, 0.05) is 13.5 Å². The third kappa shape index (κ3) is 8.49. The lowest BCUT2D eigenvalue weighted by Gasteiger charge is -2.13.